The number of rotatable bonds is 8. The highest BCUT2D eigenvalue weighted by Crippen LogP contribution is 2.37. The Hall–Kier alpha value is -3.75. The topological polar surface area (TPSA) is 81.1 Å². The van der Waals surface area contributed by atoms with E-state index in [0.717, 1.165) is 33.8 Å². The number of thioether (sulfide) groups is 1. The molecule has 38 heavy (non-hydrogen) atoms. The number of ether oxygens (including phenoxy) is 1. The molecular weight excluding hydrogens is 518 g/mol. The van der Waals surface area contributed by atoms with E-state index in [4.69, 9.17) is 21.4 Å². The van der Waals surface area contributed by atoms with Crippen molar-refractivity contribution in [3.63, 3.8) is 0 Å². The lowest BCUT2D eigenvalue weighted by Crippen LogP contribution is -2.31. The Morgan fingerprint density at radius 1 is 1.11 bits per heavy atom. The van der Waals surface area contributed by atoms with Gasteiger partial charge in [-0.3, -0.25) is 4.79 Å². The van der Waals surface area contributed by atoms with Gasteiger partial charge in [-0.15, -0.1) is 5.10 Å². The molecule has 0 bridgehead atoms. The van der Waals surface area contributed by atoms with E-state index in [1.165, 1.54) is 0 Å². The maximum Gasteiger partial charge on any atom is 0.255 e. The van der Waals surface area contributed by atoms with E-state index in [-0.39, 0.29) is 5.91 Å². The monoisotopic (exact) mass is 545 g/mol. The highest BCUT2D eigenvalue weighted by Gasteiger charge is 2.34. The van der Waals surface area contributed by atoms with Gasteiger partial charge in [0.25, 0.3) is 5.91 Å². The summed E-state index contributed by atoms with van der Waals surface area (Å²) < 4.78 is 7.89. The van der Waals surface area contributed by atoms with Gasteiger partial charge < -0.3 is 15.4 Å². The van der Waals surface area contributed by atoms with E-state index in [1.807, 2.05) is 86.6 Å². The summed E-state index contributed by atoms with van der Waals surface area (Å²) in [6, 6.07) is 22.6. The first-order valence-corrected chi connectivity index (χ1v) is 13.7. The largest absolute Gasteiger partial charge is 0.489 e. The van der Waals surface area contributed by atoms with Gasteiger partial charge >= 0.3 is 0 Å². The minimum atomic E-state index is -0.492. The molecule has 1 aromatic heterocycles. The van der Waals surface area contributed by atoms with Gasteiger partial charge in [-0.1, -0.05) is 66.7 Å². The molecule has 3 aromatic carbocycles. The molecule has 5 rings (SSSR count). The Bertz CT molecular complexity index is 1500. The molecule has 0 saturated carbocycles. The number of anilines is 2. The molecule has 2 heterocycles. The molecule has 1 aliphatic rings. The first-order chi connectivity index (χ1) is 18.4. The van der Waals surface area contributed by atoms with Crippen LogP contribution in [0, 0.1) is 6.92 Å². The van der Waals surface area contributed by atoms with Crippen LogP contribution < -0.4 is 15.4 Å². The van der Waals surface area contributed by atoms with Crippen LogP contribution in [-0.4, -0.2) is 26.4 Å². The summed E-state index contributed by atoms with van der Waals surface area (Å²) >= 11 is 7.57. The third-order valence-electron chi connectivity index (χ3n) is 6.12. The Balaban J connectivity index is 1.49. The average Bonchev–Trinajstić information content (AvgIpc) is 3.29. The van der Waals surface area contributed by atoms with Gasteiger partial charge in [-0.25, -0.2) is 4.68 Å². The molecule has 4 aromatic rings. The van der Waals surface area contributed by atoms with E-state index in [0.29, 0.717) is 34.1 Å². The van der Waals surface area contributed by atoms with Crippen molar-refractivity contribution >= 4 is 40.9 Å². The Morgan fingerprint density at radius 2 is 1.89 bits per heavy atom. The summed E-state index contributed by atoms with van der Waals surface area (Å²) in [4.78, 5) is 18.4. The number of aromatic nitrogens is 3. The van der Waals surface area contributed by atoms with E-state index >= 15 is 0 Å². The second-order valence-electron chi connectivity index (χ2n) is 8.97. The average molecular weight is 546 g/mol. The number of aryl methyl sites for hydroxylation is 1. The van der Waals surface area contributed by atoms with Crippen LogP contribution in [0.15, 0.2) is 89.2 Å². The van der Waals surface area contributed by atoms with E-state index in [1.54, 1.807) is 16.4 Å². The molecule has 7 nitrogen and oxygen atoms in total. The number of nitrogens with one attached hydrogen (secondary N) is 2. The van der Waals surface area contributed by atoms with Gasteiger partial charge in [0.15, 0.2) is 0 Å². The number of halogens is 1. The molecule has 1 atom stereocenters. The zero-order valence-corrected chi connectivity index (χ0v) is 22.9. The van der Waals surface area contributed by atoms with Gasteiger partial charge in [0.05, 0.1) is 5.57 Å². The maximum atomic E-state index is 13.7. The van der Waals surface area contributed by atoms with Crippen LogP contribution in [0.2, 0.25) is 5.02 Å². The van der Waals surface area contributed by atoms with Crippen LogP contribution >= 0.6 is 23.4 Å². The van der Waals surface area contributed by atoms with Gasteiger partial charge in [-0.05, 0) is 72.7 Å². The molecule has 1 amide bonds. The number of allylic oxidation sites excluding steroid dienone is 1. The van der Waals surface area contributed by atoms with Crippen LogP contribution in [0.4, 0.5) is 11.6 Å². The van der Waals surface area contributed by atoms with Crippen molar-refractivity contribution in [1.82, 2.24) is 14.8 Å². The minimum Gasteiger partial charge on any atom is -0.489 e. The van der Waals surface area contributed by atoms with Gasteiger partial charge in [0.2, 0.25) is 11.1 Å². The molecule has 9 heteroatoms. The van der Waals surface area contributed by atoms with E-state index in [9.17, 15) is 4.79 Å². The third kappa shape index (κ3) is 5.71. The highest BCUT2D eigenvalue weighted by molar-refractivity contribution is 7.99. The number of nitrogens with zero attached hydrogens (tertiary/aromatic N) is 3. The number of carbonyl (C=O) groups is 1. The van der Waals surface area contributed by atoms with Crippen molar-refractivity contribution in [3.8, 4) is 5.75 Å². The predicted octanol–water partition coefficient (Wildman–Crippen LogP) is 6.86. The third-order valence-corrected chi connectivity index (χ3v) is 7.09. The van der Waals surface area contributed by atoms with Crippen molar-refractivity contribution < 1.29 is 9.53 Å². The Labute approximate surface area is 231 Å². The fourth-order valence-corrected chi connectivity index (χ4v) is 5.05. The summed E-state index contributed by atoms with van der Waals surface area (Å²) in [6.07, 6.45) is 0. The number of amides is 1. The number of fused-ring (bicyclic) bond motifs is 1. The number of hydrogen-bond acceptors (Lipinski definition) is 6. The fraction of sp³-hybridized carbons (Fsp3) is 0.207. The standard InChI is InChI=1S/C29H28ClN5O2S/c1-4-38-29-33-28-31-19(3)25(27(36)32-23-9-5-7-18(2)15-23)26(35(28)34-29)21-8-6-10-24(16-21)37-17-20-11-13-22(30)14-12-20/h5-16,26H,4,17H2,1-3H3,(H,32,36)(H,31,33,34). The second-order valence-corrected chi connectivity index (χ2v) is 10.6. The lowest BCUT2D eigenvalue weighted by atomic mass is 9.94. The smallest absolute Gasteiger partial charge is 0.255 e. The fourth-order valence-electron chi connectivity index (χ4n) is 4.37. The lowest BCUT2D eigenvalue weighted by Gasteiger charge is -2.29. The molecular formula is C29H28ClN5O2S. The molecule has 0 spiro atoms. The quantitative estimate of drug-likeness (QED) is 0.235. The van der Waals surface area contributed by atoms with Crippen LogP contribution in [0.3, 0.4) is 0 Å². The first-order valence-electron chi connectivity index (χ1n) is 12.3. The van der Waals surface area contributed by atoms with Crippen LogP contribution in [0.5, 0.6) is 5.75 Å². The Kier molecular flexibility index (Phi) is 7.72. The van der Waals surface area contributed by atoms with Crippen LogP contribution in [0.1, 0.15) is 36.6 Å². The molecule has 0 aliphatic carbocycles. The van der Waals surface area contributed by atoms with Crippen LogP contribution in [-0.2, 0) is 11.4 Å². The Morgan fingerprint density at radius 3 is 2.66 bits per heavy atom. The molecule has 1 unspecified atom stereocenters. The molecule has 0 saturated heterocycles. The van der Waals surface area contributed by atoms with Crippen molar-refractivity contribution in [2.45, 2.75) is 38.6 Å². The summed E-state index contributed by atoms with van der Waals surface area (Å²) in [7, 11) is 0. The maximum absolute atomic E-state index is 13.7. The minimum absolute atomic E-state index is 0.205. The molecule has 2 N–H and O–H groups in total. The van der Waals surface area contributed by atoms with Crippen molar-refractivity contribution in [2.24, 2.45) is 0 Å². The van der Waals surface area contributed by atoms with E-state index < -0.39 is 6.04 Å². The number of carbonyl (C=O) groups excluding carboxylic acids is 1. The van der Waals surface area contributed by atoms with Crippen molar-refractivity contribution in [1.29, 1.82) is 0 Å². The molecule has 0 radical (unpaired) electrons. The second kappa shape index (κ2) is 11.3. The molecule has 194 valence electrons. The number of benzene rings is 3. The van der Waals surface area contributed by atoms with Gasteiger partial charge in [0.1, 0.15) is 18.4 Å². The molecule has 1 aliphatic heterocycles. The normalized spacial score (nSPS) is 14.6. The summed E-state index contributed by atoms with van der Waals surface area (Å²) in [5, 5.41) is 12.4. The summed E-state index contributed by atoms with van der Waals surface area (Å²) in [5.74, 6) is 1.93. The highest BCUT2D eigenvalue weighted by atomic mass is 35.5. The summed E-state index contributed by atoms with van der Waals surface area (Å²) in [6.45, 7) is 6.34. The predicted molar refractivity (Wildman–Crippen MR) is 153 cm³/mol. The lowest BCUT2D eigenvalue weighted by molar-refractivity contribution is -0.113. The SMILES string of the molecule is CCSc1nc2n(n1)C(c1cccc(OCc3ccc(Cl)cc3)c1)C(C(=O)Nc1cccc(C)c1)=C(C)N2. The zero-order chi connectivity index (χ0) is 26.6. The van der Waals surface area contributed by atoms with Crippen molar-refractivity contribution in [2.75, 3.05) is 16.4 Å². The zero-order valence-electron chi connectivity index (χ0n) is 21.4. The summed E-state index contributed by atoms with van der Waals surface area (Å²) in [5.41, 5.74) is 4.97. The van der Waals surface area contributed by atoms with E-state index in [2.05, 4.69) is 22.5 Å². The molecule has 0 fully saturated rings. The number of hydrogen-bond donors (Lipinski definition) is 2. The van der Waals surface area contributed by atoms with Gasteiger partial charge in [-0.2, -0.15) is 4.98 Å². The first kappa shape index (κ1) is 25.9. The van der Waals surface area contributed by atoms with Gasteiger partial charge in [0, 0.05) is 16.4 Å². The van der Waals surface area contributed by atoms with Crippen LogP contribution in [0.25, 0.3) is 0 Å². The van der Waals surface area contributed by atoms with Crippen molar-refractivity contribution in [3.05, 3.63) is 106 Å².